The van der Waals surface area contributed by atoms with Gasteiger partial charge in [0.1, 0.15) is 18.4 Å². The van der Waals surface area contributed by atoms with Crippen molar-refractivity contribution >= 4 is 46.7 Å². The summed E-state index contributed by atoms with van der Waals surface area (Å²) in [7, 11) is 6.11. The van der Waals surface area contributed by atoms with Gasteiger partial charge in [-0.3, -0.25) is 0 Å². The van der Waals surface area contributed by atoms with Crippen molar-refractivity contribution in [2.24, 2.45) is 0 Å². The van der Waals surface area contributed by atoms with Crippen LogP contribution in [0.2, 0.25) is 0 Å². The van der Waals surface area contributed by atoms with E-state index >= 15 is 0 Å². The predicted molar refractivity (Wildman–Crippen MR) is 129 cm³/mol. The van der Waals surface area contributed by atoms with Gasteiger partial charge in [0.2, 0.25) is 5.69 Å². The van der Waals surface area contributed by atoms with Crippen molar-refractivity contribution in [2.75, 3.05) is 21.1 Å². The summed E-state index contributed by atoms with van der Waals surface area (Å²) in [5.41, 5.74) is 5.45. The molecule has 30 heavy (non-hydrogen) atoms. The van der Waals surface area contributed by atoms with Gasteiger partial charge < -0.3 is 9.32 Å². The lowest BCUT2D eigenvalue weighted by Gasteiger charge is -2.15. The maximum absolute atomic E-state index is 6.23. The number of rotatable bonds is 4. The SMILES string of the molecule is CN(C)/C=C/c1oc2ccccc2c(=S)c1/C=C/C1=[N+](C)c2ccccc2C1(C)C. The molecule has 0 saturated carbocycles. The molecule has 0 saturated heterocycles. The largest absolute Gasteiger partial charge is 0.456 e. The van der Waals surface area contributed by atoms with Crippen LogP contribution in [0.3, 0.4) is 0 Å². The molecule has 3 nitrogen and oxygen atoms in total. The number of allylic oxidation sites excluding steroid dienone is 1. The fourth-order valence-electron chi connectivity index (χ4n) is 4.14. The zero-order valence-electron chi connectivity index (χ0n) is 18.1. The monoisotopic (exact) mass is 415 g/mol. The van der Waals surface area contributed by atoms with Gasteiger partial charge in [-0.05, 0) is 38.1 Å². The van der Waals surface area contributed by atoms with E-state index in [1.54, 1.807) is 0 Å². The molecule has 1 aromatic heterocycles. The Kier molecular flexibility index (Phi) is 5.20. The van der Waals surface area contributed by atoms with E-state index in [2.05, 4.69) is 61.9 Å². The van der Waals surface area contributed by atoms with Gasteiger partial charge in [-0.2, -0.15) is 4.58 Å². The quantitative estimate of drug-likeness (QED) is 0.362. The first kappa shape index (κ1) is 20.3. The van der Waals surface area contributed by atoms with Gasteiger partial charge in [-0.15, -0.1) is 0 Å². The highest BCUT2D eigenvalue weighted by molar-refractivity contribution is 7.71. The molecular formula is C26H27N2OS+. The zero-order chi connectivity index (χ0) is 21.5. The van der Waals surface area contributed by atoms with Crippen LogP contribution in [-0.2, 0) is 5.41 Å². The van der Waals surface area contributed by atoms with Gasteiger partial charge in [0.15, 0.2) is 5.71 Å². The van der Waals surface area contributed by atoms with Crippen molar-refractivity contribution in [3.05, 3.63) is 82.2 Å². The van der Waals surface area contributed by atoms with Crippen molar-refractivity contribution < 1.29 is 8.99 Å². The van der Waals surface area contributed by atoms with Gasteiger partial charge in [0.25, 0.3) is 0 Å². The molecule has 0 amide bonds. The Bertz CT molecular complexity index is 1280. The predicted octanol–water partition coefficient (Wildman–Crippen LogP) is 6.41. The summed E-state index contributed by atoms with van der Waals surface area (Å²) in [6, 6.07) is 16.5. The van der Waals surface area contributed by atoms with Crippen molar-refractivity contribution in [1.82, 2.24) is 4.90 Å². The summed E-state index contributed by atoms with van der Waals surface area (Å²) in [6.45, 7) is 4.53. The molecule has 1 aliphatic rings. The molecule has 0 unspecified atom stereocenters. The van der Waals surface area contributed by atoms with Crippen molar-refractivity contribution in [2.45, 2.75) is 19.3 Å². The van der Waals surface area contributed by atoms with Crippen LogP contribution in [0.25, 0.3) is 23.1 Å². The maximum atomic E-state index is 6.23. The highest BCUT2D eigenvalue weighted by Gasteiger charge is 2.42. The Morgan fingerprint density at radius 2 is 1.67 bits per heavy atom. The zero-order valence-corrected chi connectivity index (χ0v) is 19.0. The fourth-order valence-corrected chi connectivity index (χ4v) is 4.47. The average Bonchev–Trinajstić information content (AvgIpc) is 2.92. The van der Waals surface area contributed by atoms with Crippen molar-refractivity contribution in [3.8, 4) is 0 Å². The topological polar surface area (TPSA) is 19.4 Å². The van der Waals surface area contributed by atoms with E-state index in [9.17, 15) is 0 Å². The van der Waals surface area contributed by atoms with E-state index in [1.807, 2.05) is 55.5 Å². The van der Waals surface area contributed by atoms with Gasteiger partial charge >= 0.3 is 0 Å². The van der Waals surface area contributed by atoms with Gasteiger partial charge in [-0.25, -0.2) is 0 Å². The molecule has 0 radical (unpaired) electrons. The summed E-state index contributed by atoms with van der Waals surface area (Å²) in [5, 5.41) is 0.960. The Balaban J connectivity index is 1.87. The minimum atomic E-state index is -0.0862. The second-order valence-electron chi connectivity index (χ2n) is 8.40. The third-order valence-electron chi connectivity index (χ3n) is 5.73. The van der Waals surface area contributed by atoms with E-state index in [4.69, 9.17) is 16.6 Å². The number of para-hydroxylation sites is 2. The lowest BCUT2D eigenvalue weighted by Crippen LogP contribution is -2.26. The Hall–Kier alpha value is -2.98. The molecule has 3 aromatic rings. The molecule has 152 valence electrons. The molecule has 0 aliphatic carbocycles. The van der Waals surface area contributed by atoms with Crippen LogP contribution in [0.1, 0.15) is 30.7 Å². The van der Waals surface area contributed by atoms with Gasteiger partial charge in [-0.1, -0.05) is 42.5 Å². The molecule has 0 N–H and O–H groups in total. The first-order chi connectivity index (χ1) is 14.3. The normalized spacial score (nSPS) is 15.5. The summed E-state index contributed by atoms with van der Waals surface area (Å²) >= 11 is 5.88. The highest BCUT2D eigenvalue weighted by atomic mass is 32.1. The van der Waals surface area contributed by atoms with E-state index in [1.165, 1.54) is 17.0 Å². The van der Waals surface area contributed by atoms with Crippen LogP contribution in [0.5, 0.6) is 0 Å². The standard InChI is InChI=1S/C26H27N2OS/c1-26(2)20-11-7-8-12-21(20)28(5)24(26)15-14-19-23(16-17-27(3)4)29-22-13-9-6-10-18(22)25(19)30/h6-17H,1-5H3/q+1. The van der Waals surface area contributed by atoms with Crippen LogP contribution in [0.15, 0.2) is 65.2 Å². The lowest BCUT2D eigenvalue weighted by atomic mass is 9.81. The van der Waals surface area contributed by atoms with Crippen LogP contribution >= 0.6 is 12.2 Å². The first-order valence-electron chi connectivity index (χ1n) is 10.1. The smallest absolute Gasteiger partial charge is 0.209 e. The molecule has 0 atom stereocenters. The molecule has 1 aliphatic heterocycles. The molecule has 4 heteroatoms. The Morgan fingerprint density at radius 1 is 0.967 bits per heavy atom. The summed E-state index contributed by atoms with van der Waals surface area (Å²) in [6.07, 6.45) is 8.24. The fraction of sp³-hybridized carbons (Fsp3) is 0.231. The molecule has 4 rings (SSSR count). The van der Waals surface area contributed by atoms with Gasteiger partial charge in [0.05, 0.1) is 9.93 Å². The number of benzene rings is 2. The Labute approximate surface area is 183 Å². The molecule has 2 heterocycles. The highest BCUT2D eigenvalue weighted by Crippen LogP contribution is 2.39. The first-order valence-corrected chi connectivity index (χ1v) is 10.5. The second-order valence-corrected chi connectivity index (χ2v) is 8.81. The van der Waals surface area contributed by atoms with Crippen molar-refractivity contribution in [3.63, 3.8) is 0 Å². The minimum Gasteiger partial charge on any atom is -0.456 e. The van der Waals surface area contributed by atoms with Crippen LogP contribution in [0.4, 0.5) is 5.69 Å². The molecule has 0 fully saturated rings. The summed E-state index contributed by atoms with van der Waals surface area (Å²) in [5.74, 6) is 0.764. The van der Waals surface area contributed by atoms with E-state index in [0.717, 1.165) is 26.8 Å². The number of nitrogens with zero attached hydrogens (tertiary/aromatic N) is 2. The third kappa shape index (κ3) is 3.41. The van der Waals surface area contributed by atoms with Crippen LogP contribution < -0.4 is 0 Å². The van der Waals surface area contributed by atoms with E-state index < -0.39 is 0 Å². The summed E-state index contributed by atoms with van der Waals surface area (Å²) < 4.78 is 9.30. The van der Waals surface area contributed by atoms with Crippen LogP contribution in [0, 0.1) is 4.51 Å². The molecule has 0 spiro atoms. The molecular weight excluding hydrogens is 388 g/mol. The number of hydrogen-bond donors (Lipinski definition) is 0. The summed E-state index contributed by atoms with van der Waals surface area (Å²) in [4.78, 5) is 1.99. The molecule has 2 aromatic carbocycles. The van der Waals surface area contributed by atoms with Gasteiger partial charge in [0, 0.05) is 49.0 Å². The average molecular weight is 416 g/mol. The third-order valence-corrected chi connectivity index (χ3v) is 6.17. The van der Waals surface area contributed by atoms with E-state index in [0.29, 0.717) is 0 Å². The second kappa shape index (κ2) is 7.69. The van der Waals surface area contributed by atoms with Crippen LogP contribution in [-0.4, -0.2) is 36.3 Å². The molecule has 0 bridgehead atoms. The maximum Gasteiger partial charge on any atom is 0.209 e. The lowest BCUT2D eigenvalue weighted by molar-refractivity contribution is -0.401. The van der Waals surface area contributed by atoms with E-state index in [-0.39, 0.29) is 5.41 Å². The minimum absolute atomic E-state index is 0.0862. The number of hydrogen-bond acceptors (Lipinski definition) is 3. The Morgan fingerprint density at radius 3 is 2.40 bits per heavy atom. The number of fused-ring (bicyclic) bond motifs is 2. The van der Waals surface area contributed by atoms with Crippen molar-refractivity contribution in [1.29, 1.82) is 0 Å².